The van der Waals surface area contributed by atoms with Gasteiger partial charge in [0.15, 0.2) is 0 Å². The third-order valence-corrected chi connectivity index (χ3v) is 2.83. The molecule has 0 aromatic heterocycles. The van der Waals surface area contributed by atoms with E-state index in [2.05, 4.69) is 72.4 Å². The van der Waals surface area contributed by atoms with Crippen LogP contribution in [-0.4, -0.2) is 12.6 Å². The second-order valence-corrected chi connectivity index (χ2v) is 4.34. The Morgan fingerprint density at radius 3 is 2.53 bits per heavy atom. The van der Waals surface area contributed by atoms with Crippen LogP contribution in [0.5, 0.6) is 0 Å². The monoisotopic (exact) mass is 226 g/mol. The molecular weight excluding hydrogens is 208 g/mol. The first-order valence-electron chi connectivity index (χ1n) is 5.82. The van der Waals surface area contributed by atoms with Gasteiger partial charge >= 0.3 is 0 Å². The Hall–Kier alpha value is -1.64. The Morgan fingerprint density at radius 1 is 1.06 bits per heavy atom. The highest BCUT2D eigenvalue weighted by Crippen LogP contribution is 2.21. The van der Waals surface area contributed by atoms with E-state index in [1.54, 1.807) is 0 Å². The first-order chi connectivity index (χ1) is 8.23. The van der Waals surface area contributed by atoms with Crippen molar-refractivity contribution in [2.75, 3.05) is 7.05 Å². The zero-order valence-electron chi connectivity index (χ0n) is 10.3. The van der Waals surface area contributed by atoms with Crippen LogP contribution in [0.25, 0.3) is 5.57 Å². The van der Waals surface area contributed by atoms with Crippen molar-refractivity contribution in [2.45, 2.75) is 12.5 Å². The molecule has 1 unspecified atom stereocenters. The number of nitrogens with one attached hydrogen (secondary N) is 2. The van der Waals surface area contributed by atoms with E-state index in [0.717, 1.165) is 0 Å². The van der Waals surface area contributed by atoms with Gasteiger partial charge in [-0.25, -0.2) is 5.43 Å². The molecule has 0 aliphatic heterocycles. The van der Waals surface area contributed by atoms with Gasteiger partial charge in [-0.15, -0.1) is 0 Å². The fourth-order valence-corrected chi connectivity index (χ4v) is 1.90. The SMILES string of the molecule is CNNC1(C)C=CC=C(c2ccccc2)C=C1. The number of benzene rings is 1. The van der Waals surface area contributed by atoms with E-state index in [1.807, 2.05) is 13.1 Å². The van der Waals surface area contributed by atoms with Crippen molar-refractivity contribution in [1.29, 1.82) is 0 Å². The smallest absolute Gasteiger partial charge is 0.0661 e. The molecule has 2 heteroatoms. The number of hydrogen-bond acceptors (Lipinski definition) is 2. The number of hydrazine groups is 1. The third-order valence-electron chi connectivity index (χ3n) is 2.83. The Labute approximate surface area is 103 Å². The van der Waals surface area contributed by atoms with E-state index in [-0.39, 0.29) is 5.54 Å². The van der Waals surface area contributed by atoms with E-state index < -0.39 is 0 Å². The summed E-state index contributed by atoms with van der Waals surface area (Å²) in [4.78, 5) is 0. The quantitative estimate of drug-likeness (QED) is 0.774. The summed E-state index contributed by atoms with van der Waals surface area (Å²) in [5.41, 5.74) is 8.51. The molecule has 2 nitrogen and oxygen atoms in total. The van der Waals surface area contributed by atoms with Gasteiger partial charge in [-0.05, 0) is 25.1 Å². The van der Waals surface area contributed by atoms with Crippen LogP contribution in [0.3, 0.4) is 0 Å². The lowest BCUT2D eigenvalue weighted by Gasteiger charge is -2.22. The summed E-state index contributed by atoms with van der Waals surface area (Å²) in [6.07, 6.45) is 10.7. The molecule has 0 heterocycles. The largest absolute Gasteiger partial charge is 0.260 e. The highest BCUT2D eigenvalue weighted by atomic mass is 15.4. The summed E-state index contributed by atoms with van der Waals surface area (Å²) in [5, 5.41) is 0. The van der Waals surface area contributed by atoms with Crippen molar-refractivity contribution < 1.29 is 0 Å². The van der Waals surface area contributed by atoms with Crippen LogP contribution in [0, 0.1) is 0 Å². The summed E-state index contributed by atoms with van der Waals surface area (Å²) in [6, 6.07) is 10.4. The fourth-order valence-electron chi connectivity index (χ4n) is 1.90. The van der Waals surface area contributed by atoms with Crippen molar-refractivity contribution in [1.82, 2.24) is 10.9 Å². The molecule has 17 heavy (non-hydrogen) atoms. The molecule has 2 rings (SSSR count). The van der Waals surface area contributed by atoms with Gasteiger partial charge in [0.1, 0.15) is 0 Å². The molecule has 0 bridgehead atoms. The van der Waals surface area contributed by atoms with Crippen LogP contribution in [0.2, 0.25) is 0 Å². The van der Waals surface area contributed by atoms with E-state index in [1.165, 1.54) is 11.1 Å². The summed E-state index contributed by atoms with van der Waals surface area (Å²) in [5.74, 6) is 0. The molecule has 1 aromatic carbocycles. The maximum Gasteiger partial charge on any atom is 0.0661 e. The first kappa shape index (κ1) is 11.8. The number of rotatable bonds is 3. The second kappa shape index (κ2) is 5.13. The lowest BCUT2D eigenvalue weighted by atomic mass is 10.0. The average molecular weight is 226 g/mol. The van der Waals surface area contributed by atoms with Crippen LogP contribution in [-0.2, 0) is 0 Å². The molecule has 0 spiro atoms. The molecule has 0 amide bonds. The maximum atomic E-state index is 3.22. The topological polar surface area (TPSA) is 24.1 Å². The van der Waals surface area contributed by atoms with Crippen LogP contribution in [0.4, 0.5) is 0 Å². The normalized spacial score (nSPS) is 23.3. The Bertz CT molecular complexity index is 457. The van der Waals surface area contributed by atoms with Gasteiger partial charge in [-0.3, -0.25) is 5.43 Å². The highest BCUT2D eigenvalue weighted by Gasteiger charge is 2.16. The molecule has 0 saturated carbocycles. The predicted molar refractivity (Wildman–Crippen MR) is 73.3 cm³/mol. The first-order valence-corrected chi connectivity index (χ1v) is 5.82. The molecule has 0 saturated heterocycles. The number of hydrogen-bond donors (Lipinski definition) is 2. The molecule has 1 aliphatic carbocycles. The Kier molecular flexibility index (Phi) is 3.57. The summed E-state index contributed by atoms with van der Waals surface area (Å²) >= 11 is 0. The van der Waals surface area contributed by atoms with E-state index in [4.69, 9.17) is 0 Å². The van der Waals surface area contributed by atoms with Crippen molar-refractivity contribution in [2.24, 2.45) is 0 Å². The van der Waals surface area contributed by atoms with Crippen LogP contribution < -0.4 is 10.9 Å². The third kappa shape index (κ3) is 2.93. The Balaban J connectivity index is 2.25. The van der Waals surface area contributed by atoms with Gasteiger partial charge in [0, 0.05) is 0 Å². The minimum Gasteiger partial charge on any atom is -0.260 e. The van der Waals surface area contributed by atoms with E-state index in [9.17, 15) is 0 Å². The highest BCUT2D eigenvalue weighted by molar-refractivity contribution is 5.76. The average Bonchev–Trinajstić information content (AvgIpc) is 2.53. The van der Waals surface area contributed by atoms with Crippen molar-refractivity contribution in [3.63, 3.8) is 0 Å². The van der Waals surface area contributed by atoms with Gasteiger partial charge < -0.3 is 0 Å². The lowest BCUT2D eigenvalue weighted by molar-refractivity contribution is 0.464. The molecule has 1 atom stereocenters. The second-order valence-electron chi connectivity index (χ2n) is 4.34. The van der Waals surface area contributed by atoms with Gasteiger partial charge in [0.2, 0.25) is 0 Å². The molecule has 0 radical (unpaired) electrons. The zero-order valence-corrected chi connectivity index (χ0v) is 10.3. The van der Waals surface area contributed by atoms with Crippen LogP contribution in [0.15, 0.2) is 60.7 Å². The van der Waals surface area contributed by atoms with E-state index in [0.29, 0.717) is 0 Å². The van der Waals surface area contributed by atoms with Gasteiger partial charge in [0.25, 0.3) is 0 Å². The molecule has 88 valence electrons. The Morgan fingerprint density at radius 2 is 1.82 bits per heavy atom. The van der Waals surface area contributed by atoms with Crippen LogP contribution >= 0.6 is 0 Å². The molecule has 1 aliphatic rings. The van der Waals surface area contributed by atoms with Gasteiger partial charge in [-0.2, -0.15) is 0 Å². The zero-order chi connectivity index (χ0) is 12.1. The van der Waals surface area contributed by atoms with Crippen molar-refractivity contribution in [3.8, 4) is 0 Å². The van der Waals surface area contributed by atoms with Crippen molar-refractivity contribution >= 4 is 5.57 Å². The summed E-state index contributed by atoms with van der Waals surface area (Å²) in [6.45, 7) is 2.12. The number of allylic oxidation sites excluding steroid dienone is 4. The van der Waals surface area contributed by atoms with E-state index >= 15 is 0 Å². The molecule has 2 N–H and O–H groups in total. The maximum absolute atomic E-state index is 3.22. The predicted octanol–water partition coefficient (Wildman–Crippen LogP) is 2.68. The fraction of sp³-hybridized carbons (Fsp3) is 0.200. The molecule has 0 fully saturated rings. The lowest BCUT2D eigenvalue weighted by Crippen LogP contribution is -2.45. The molecule has 1 aromatic rings. The van der Waals surface area contributed by atoms with Crippen LogP contribution in [0.1, 0.15) is 12.5 Å². The van der Waals surface area contributed by atoms with Gasteiger partial charge in [0.05, 0.1) is 5.54 Å². The minimum absolute atomic E-state index is 0.151. The summed E-state index contributed by atoms with van der Waals surface area (Å²) in [7, 11) is 1.88. The standard InChI is InChI=1S/C15H18N2/c1-15(17-16-2)11-6-9-14(10-12-15)13-7-4-3-5-8-13/h3-12,16-17H,1-2H3. The minimum atomic E-state index is -0.151. The van der Waals surface area contributed by atoms with Gasteiger partial charge in [-0.1, -0.05) is 60.7 Å². The summed E-state index contributed by atoms with van der Waals surface area (Å²) < 4.78 is 0. The van der Waals surface area contributed by atoms with Crippen molar-refractivity contribution in [3.05, 3.63) is 66.3 Å². The molecular formula is C15H18N2.